The monoisotopic (exact) mass is 331 g/mol. The van der Waals surface area contributed by atoms with E-state index in [1.54, 1.807) is 13.8 Å². The minimum atomic E-state index is -1.07. The number of benzene rings is 1. The van der Waals surface area contributed by atoms with Gasteiger partial charge in [-0.15, -0.1) is 0 Å². The predicted octanol–water partition coefficient (Wildman–Crippen LogP) is 2.36. The van der Waals surface area contributed by atoms with Crippen molar-refractivity contribution in [3.05, 3.63) is 34.1 Å². The van der Waals surface area contributed by atoms with Crippen molar-refractivity contribution in [2.24, 2.45) is 5.92 Å². The third-order valence-corrected chi connectivity index (χ3v) is 3.21. The van der Waals surface area contributed by atoms with Crippen LogP contribution in [0.4, 0.5) is 4.39 Å². The summed E-state index contributed by atoms with van der Waals surface area (Å²) in [6, 6.07) is 3.32. The highest BCUT2D eigenvalue weighted by molar-refractivity contribution is 9.10. The minimum absolute atomic E-state index is 0.00931. The minimum Gasteiger partial charge on any atom is -0.480 e. The Morgan fingerprint density at radius 1 is 1.42 bits per heavy atom. The summed E-state index contributed by atoms with van der Waals surface area (Å²) < 4.78 is 13.3. The lowest BCUT2D eigenvalue weighted by molar-refractivity contribution is -0.143. The Balaban J connectivity index is 2.69. The van der Waals surface area contributed by atoms with Gasteiger partial charge >= 0.3 is 5.97 Å². The standard InChI is InChI=1S/C13H15BrFNO3/c1-7(2)12(13(18)19)16-11(17)6-8-3-4-10(15)9(14)5-8/h3-5,7,12H,6H2,1-2H3,(H,16,17)(H,18,19). The molecule has 0 aliphatic heterocycles. The number of carboxylic acids is 1. The number of rotatable bonds is 5. The maximum absolute atomic E-state index is 13.0. The van der Waals surface area contributed by atoms with E-state index >= 15 is 0 Å². The molecule has 0 fully saturated rings. The predicted molar refractivity (Wildman–Crippen MR) is 72.2 cm³/mol. The summed E-state index contributed by atoms with van der Waals surface area (Å²) in [5, 5.41) is 11.4. The van der Waals surface area contributed by atoms with Crippen molar-refractivity contribution < 1.29 is 19.1 Å². The highest BCUT2D eigenvalue weighted by atomic mass is 79.9. The molecule has 0 aromatic heterocycles. The SMILES string of the molecule is CC(C)C(NC(=O)Cc1ccc(F)c(Br)c1)C(=O)O. The normalized spacial score (nSPS) is 12.3. The van der Waals surface area contributed by atoms with Gasteiger partial charge in [0.1, 0.15) is 11.9 Å². The lowest BCUT2D eigenvalue weighted by Crippen LogP contribution is -2.44. The summed E-state index contributed by atoms with van der Waals surface area (Å²) in [4.78, 5) is 22.7. The number of nitrogens with one attached hydrogen (secondary N) is 1. The van der Waals surface area contributed by atoms with Gasteiger partial charge in [-0.1, -0.05) is 19.9 Å². The van der Waals surface area contributed by atoms with Gasteiger partial charge in [0.15, 0.2) is 0 Å². The Bertz CT molecular complexity index is 491. The molecule has 1 aromatic rings. The number of halogens is 2. The van der Waals surface area contributed by atoms with Crippen molar-refractivity contribution in [3.8, 4) is 0 Å². The van der Waals surface area contributed by atoms with Crippen LogP contribution in [0.15, 0.2) is 22.7 Å². The van der Waals surface area contributed by atoms with E-state index in [1.165, 1.54) is 18.2 Å². The molecule has 1 amide bonds. The largest absolute Gasteiger partial charge is 0.480 e. The molecule has 1 rings (SSSR count). The molecule has 1 aromatic carbocycles. The number of carbonyl (C=O) groups is 2. The van der Waals surface area contributed by atoms with Crippen molar-refractivity contribution in [2.45, 2.75) is 26.3 Å². The molecule has 0 spiro atoms. The Labute approximate surface area is 119 Å². The number of aliphatic carboxylic acids is 1. The van der Waals surface area contributed by atoms with Gasteiger partial charge in [-0.3, -0.25) is 4.79 Å². The van der Waals surface area contributed by atoms with Gasteiger partial charge < -0.3 is 10.4 Å². The Hall–Kier alpha value is -1.43. The van der Waals surface area contributed by atoms with Crippen molar-refractivity contribution in [3.63, 3.8) is 0 Å². The molecule has 0 aliphatic carbocycles. The lowest BCUT2D eigenvalue weighted by atomic mass is 10.0. The van der Waals surface area contributed by atoms with E-state index in [0.29, 0.717) is 5.56 Å². The molecule has 1 atom stereocenters. The van der Waals surface area contributed by atoms with Crippen molar-refractivity contribution in [1.29, 1.82) is 0 Å². The summed E-state index contributed by atoms with van der Waals surface area (Å²) >= 11 is 3.03. The number of carboxylic acid groups (broad SMARTS) is 1. The third kappa shape index (κ3) is 4.63. The molecule has 0 saturated heterocycles. The zero-order chi connectivity index (χ0) is 14.6. The van der Waals surface area contributed by atoms with E-state index in [2.05, 4.69) is 21.2 Å². The molecule has 6 heteroatoms. The zero-order valence-corrected chi connectivity index (χ0v) is 12.2. The quantitative estimate of drug-likeness (QED) is 0.870. The molecule has 2 N–H and O–H groups in total. The maximum atomic E-state index is 13.0. The number of carbonyl (C=O) groups excluding carboxylic acids is 1. The Morgan fingerprint density at radius 3 is 2.53 bits per heavy atom. The van der Waals surface area contributed by atoms with Crippen LogP contribution in [0.3, 0.4) is 0 Å². The van der Waals surface area contributed by atoms with Crippen LogP contribution in [0.5, 0.6) is 0 Å². The summed E-state index contributed by atoms with van der Waals surface area (Å²) in [6.07, 6.45) is 0.00931. The van der Waals surface area contributed by atoms with Crippen LogP contribution in [0, 0.1) is 11.7 Å². The van der Waals surface area contributed by atoms with Gasteiger partial charge in [0.2, 0.25) is 5.91 Å². The van der Waals surface area contributed by atoms with Crippen molar-refractivity contribution in [1.82, 2.24) is 5.32 Å². The second-order valence-electron chi connectivity index (χ2n) is 4.55. The molecule has 19 heavy (non-hydrogen) atoms. The van der Waals surface area contributed by atoms with Crippen LogP contribution in [0.2, 0.25) is 0 Å². The average molecular weight is 332 g/mol. The summed E-state index contributed by atoms with van der Waals surface area (Å²) in [7, 11) is 0. The highest BCUT2D eigenvalue weighted by Gasteiger charge is 2.23. The molecule has 104 valence electrons. The molecular weight excluding hydrogens is 317 g/mol. The van der Waals surface area contributed by atoms with Gasteiger partial charge in [0.05, 0.1) is 10.9 Å². The van der Waals surface area contributed by atoms with E-state index in [0.717, 1.165) is 0 Å². The van der Waals surface area contributed by atoms with Crippen LogP contribution in [-0.4, -0.2) is 23.0 Å². The summed E-state index contributed by atoms with van der Waals surface area (Å²) in [6.45, 7) is 3.43. The first kappa shape index (κ1) is 15.6. The summed E-state index contributed by atoms with van der Waals surface area (Å²) in [5.41, 5.74) is 0.610. The fourth-order valence-electron chi connectivity index (χ4n) is 1.57. The molecule has 0 radical (unpaired) electrons. The second kappa shape index (κ2) is 6.65. The van der Waals surface area contributed by atoms with Crippen LogP contribution < -0.4 is 5.32 Å². The topological polar surface area (TPSA) is 66.4 Å². The first-order valence-corrected chi connectivity index (χ1v) is 6.56. The number of amides is 1. The number of hydrogen-bond acceptors (Lipinski definition) is 2. The molecule has 0 saturated carbocycles. The Kier molecular flexibility index (Phi) is 5.47. The van der Waals surface area contributed by atoms with E-state index in [4.69, 9.17) is 5.11 Å². The fourth-order valence-corrected chi connectivity index (χ4v) is 2.00. The third-order valence-electron chi connectivity index (χ3n) is 2.60. The first-order valence-electron chi connectivity index (χ1n) is 5.77. The average Bonchev–Trinajstić information content (AvgIpc) is 2.30. The molecule has 0 aliphatic rings. The second-order valence-corrected chi connectivity index (χ2v) is 5.41. The van der Waals surface area contributed by atoms with Crippen LogP contribution in [0.1, 0.15) is 19.4 Å². The lowest BCUT2D eigenvalue weighted by Gasteiger charge is -2.17. The van der Waals surface area contributed by atoms with Gasteiger partial charge in [0.25, 0.3) is 0 Å². The zero-order valence-electron chi connectivity index (χ0n) is 10.6. The van der Waals surface area contributed by atoms with Crippen LogP contribution in [0.25, 0.3) is 0 Å². The van der Waals surface area contributed by atoms with Gasteiger partial charge in [0, 0.05) is 0 Å². The molecule has 4 nitrogen and oxygen atoms in total. The molecule has 1 unspecified atom stereocenters. The van der Waals surface area contributed by atoms with Crippen molar-refractivity contribution in [2.75, 3.05) is 0 Å². The number of hydrogen-bond donors (Lipinski definition) is 2. The van der Waals surface area contributed by atoms with E-state index in [1.807, 2.05) is 0 Å². The first-order chi connectivity index (χ1) is 8.81. The van der Waals surface area contributed by atoms with Crippen LogP contribution >= 0.6 is 15.9 Å². The van der Waals surface area contributed by atoms with E-state index < -0.39 is 23.7 Å². The van der Waals surface area contributed by atoms with E-state index in [-0.39, 0.29) is 16.8 Å². The smallest absolute Gasteiger partial charge is 0.326 e. The maximum Gasteiger partial charge on any atom is 0.326 e. The summed E-state index contributed by atoms with van der Waals surface area (Å²) in [5.74, 6) is -2.08. The molecular formula is C13H15BrFNO3. The Morgan fingerprint density at radius 2 is 2.05 bits per heavy atom. The molecule has 0 heterocycles. The van der Waals surface area contributed by atoms with Gasteiger partial charge in [-0.05, 0) is 39.5 Å². The van der Waals surface area contributed by atoms with Gasteiger partial charge in [-0.2, -0.15) is 0 Å². The van der Waals surface area contributed by atoms with Crippen molar-refractivity contribution >= 4 is 27.8 Å². The fraction of sp³-hybridized carbons (Fsp3) is 0.385. The van der Waals surface area contributed by atoms with E-state index in [9.17, 15) is 14.0 Å². The van der Waals surface area contributed by atoms with Gasteiger partial charge in [-0.25, -0.2) is 9.18 Å². The molecule has 0 bridgehead atoms. The van der Waals surface area contributed by atoms with Crippen LogP contribution in [-0.2, 0) is 16.0 Å². The highest BCUT2D eigenvalue weighted by Crippen LogP contribution is 2.17.